The second-order valence-electron chi connectivity index (χ2n) is 14.1. The van der Waals surface area contributed by atoms with Crippen LogP contribution in [0.2, 0.25) is 0 Å². The molecule has 8 heteroatoms. The summed E-state index contributed by atoms with van der Waals surface area (Å²) in [6, 6.07) is 17.0. The van der Waals surface area contributed by atoms with Crippen LogP contribution in [0, 0.1) is 5.41 Å². The molecule has 0 aliphatic rings. The maximum absolute atomic E-state index is 14.3. The number of unbranched alkanes of at least 4 members (excludes halogenated alkanes) is 3. The van der Waals surface area contributed by atoms with E-state index in [2.05, 4.69) is 36.1 Å². The first-order valence-corrected chi connectivity index (χ1v) is 18.2. The Hall–Kier alpha value is -3.52. The summed E-state index contributed by atoms with van der Waals surface area (Å²) in [6.45, 7) is 20.7. The van der Waals surface area contributed by atoms with Crippen LogP contribution in [0.1, 0.15) is 129 Å². The predicted octanol–water partition coefficient (Wildman–Crippen LogP) is 10.5. The summed E-state index contributed by atoms with van der Waals surface area (Å²) < 4.78 is 37.2. The molecule has 0 heterocycles. The lowest BCUT2D eigenvalue weighted by Crippen LogP contribution is -2.28. The number of anilines is 4. The highest BCUT2D eigenvalue weighted by atomic mass is 32.2. The highest BCUT2D eigenvalue weighted by molar-refractivity contribution is 7.92. The summed E-state index contributed by atoms with van der Waals surface area (Å²) in [7, 11) is -4.03. The fourth-order valence-electron chi connectivity index (χ4n) is 5.04. The van der Waals surface area contributed by atoms with Gasteiger partial charge < -0.3 is 15.4 Å². The number of benzene rings is 3. The lowest BCUT2D eigenvalue weighted by Gasteiger charge is -2.24. The standard InChI is InChI=1S/C38H55N3O4S/c1-11-12-13-14-21-45-31-18-15-29(16-19-31)39-30-17-20-34(35(24-30)40-37(42)38(8,9)10)41-46(43,44)36-32(26(4)5)22-28(25(2)3)23-33(36)27(6)7/h15-20,22-27,39,41H,11-14,21H2,1-10H3,(H,40,42). The maximum atomic E-state index is 14.3. The van der Waals surface area contributed by atoms with Crippen LogP contribution in [0.25, 0.3) is 0 Å². The molecule has 1 amide bonds. The van der Waals surface area contributed by atoms with Gasteiger partial charge in [0.15, 0.2) is 0 Å². The van der Waals surface area contributed by atoms with Gasteiger partial charge in [0.05, 0.1) is 22.9 Å². The highest BCUT2D eigenvalue weighted by Crippen LogP contribution is 2.38. The van der Waals surface area contributed by atoms with Crippen molar-refractivity contribution < 1.29 is 17.9 Å². The number of hydrogen-bond donors (Lipinski definition) is 3. The van der Waals surface area contributed by atoms with Gasteiger partial charge in [0.2, 0.25) is 5.91 Å². The lowest BCUT2D eigenvalue weighted by atomic mass is 9.89. The highest BCUT2D eigenvalue weighted by Gasteiger charge is 2.29. The molecular weight excluding hydrogens is 595 g/mol. The second kappa shape index (κ2) is 15.9. The minimum Gasteiger partial charge on any atom is -0.494 e. The van der Waals surface area contributed by atoms with E-state index >= 15 is 0 Å². The van der Waals surface area contributed by atoms with Gasteiger partial charge in [0.1, 0.15) is 5.75 Å². The van der Waals surface area contributed by atoms with Crippen molar-refractivity contribution in [1.29, 1.82) is 0 Å². The van der Waals surface area contributed by atoms with Crippen molar-refractivity contribution in [2.45, 2.75) is 118 Å². The molecule has 3 N–H and O–H groups in total. The first kappa shape index (κ1) is 36.9. The van der Waals surface area contributed by atoms with Crippen molar-refractivity contribution in [3.8, 4) is 5.75 Å². The Balaban J connectivity index is 1.97. The minimum absolute atomic E-state index is 0.00717. The minimum atomic E-state index is -4.03. The molecule has 0 bridgehead atoms. The number of amides is 1. The summed E-state index contributed by atoms with van der Waals surface area (Å²) in [4.78, 5) is 13.4. The maximum Gasteiger partial charge on any atom is 0.262 e. The summed E-state index contributed by atoms with van der Waals surface area (Å²) >= 11 is 0. The predicted molar refractivity (Wildman–Crippen MR) is 193 cm³/mol. The van der Waals surface area contributed by atoms with Gasteiger partial charge in [-0.05, 0) is 83.3 Å². The van der Waals surface area contributed by atoms with Crippen molar-refractivity contribution in [3.05, 3.63) is 71.3 Å². The largest absolute Gasteiger partial charge is 0.494 e. The van der Waals surface area contributed by atoms with Gasteiger partial charge in [0, 0.05) is 16.8 Å². The van der Waals surface area contributed by atoms with E-state index in [0.717, 1.165) is 34.5 Å². The number of rotatable bonds is 15. The Labute approximate surface area is 278 Å². The number of nitrogens with one attached hydrogen (secondary N) is 3. The van der Waals surface area contributed by atoms with Gasteiger partial charge >= 0.3 is 0 Å². The van der Waals surface area contributed by atoms with Crippen LogP contribution in [0.15, 0.2) is 59.5 Å². The fourth-order valence-corrected chi connectivity index (χ4v) is 6.82. The van der Waals surface area contributed by atoms with Crippen molar-refractivity contribution in [2.24, 2.45) is 5.41 Å². The molecule has 3 aromatic rings. The molecule has 0 aliphatic carbocycles. The molecular formula is C38H55N3O4S. The van der Waals surface area contributed by atoms with Crippen LogP contribution in [-0.4, -0.2) is 20.9 Å². The normalized spacial score (nSPS) is 12.1. The number of carbonyl (C=O) groups is 1. The third kappa shape index (κ3) is 9.99. The van der Waals surface area contributed by atoms with Crippen LogP contribution in [0.4, 0.5) is 22.7 Å². The van der Waals surface area contributed by atoms with E-state index in [-0.39, 0.29) is 23.7 Å². The lowest BCUT2D eigenvalue weighted by molar-refractivity contribution is -0.123. The molecule has 252 valence electrons. The molecule has 0 spiro atoms. The van der Waals surface area contributed by atoms with Crippen LogP contribution < -0.4 is 20.1 Å². The molecule has 0 radical (unpaired) electrons. The zero-order valence-corrected chi connectivity index (χ0v) is 30.3. The van der Waals surface area contributed by atoms with E-state index in [1.54, 1.807) is 18.2 Å². The Bertz CT molecular complexity index is 1540. The fraction of sp³-hybridized carbons (Fsp3) is 0.500. The molecule has 0 fully saturated rings. The second-order valence-corrected chi connectivity index (χ2v) is 15.7. The molecule has 46 heavy (non-hydrogen) atoms. The molecule has 0 atom stereocenters. The number of carbonyl (C=O) groups excluding carboxylic acids is 1. The summed E-state index contributed by atoms with van der Waals surface area (Å²) in [5.41, 5.74) is 4.22. The number of sulfonamides is 1. The van der Waals surface area contributed by atoms with Gasteiger partial charge in [0.25, 0.3) is 10.0 Å². The molecule has 3 aromatic carbocycles. The summed E-state index contributed by atoms with van der Waals surface area (Å²) in [5, 5.41) is 6.34. The zero-order chi connectivity index (χ0) is 34.2. The topological polar surface area (TPSA) is 96.5 Å². The Morgan fingerprint density at radius 3 is 1.87 bits per heavy atom. The van der Waals surface area contributed by atoms with E-state index in [4.69, 9.17) is 4.74 Å². The Morgan fingerprint density at radius 1 is 0.761 bits per heavy atom. The first-order valence-electron chi connectivity index (χ1n) is 16.7. The molecule has 0 aromatic heterocycles. The summed E-state index contributed by atoms with van der Waals surface area (Å²) in [6.07, 6.45) is 4.61. The molecule has 7 nitrogen and oxygen atoms in total. The van der Waals surface area contributed by atoms with E-state index in [1.807, 2.05) is 84.9 Å². The zero-order valence-electron chi connectivity index (χ0n) is 29.5. The molecule has 0 aliphatic heterocycles. The quantitative estimate of drug-likeness (QED) is 0.142. The summed E-state index contributed by atoms with van der Waals surface area (Å²) in [5.74, 6) is 0.836. The monoisotopic (exact) mass is 649 g/mol. The average Bonchev–Trinajstić information content (AvgIpc) is 2.97. The van der Waals surface area contributed by atoms with E-state index in [1.165, 1.54) is 19.3 Å². The van der Waals surface area contributed by atoms with Gasteiger partial charge in [-0.2, -0.15) is 0 Å². The van der Waals surface area contributed by atoms with Crippen LogP contribution in [-0.2, 0) is 14.8 Å². The van der Waals surface area contributed by atoms with E-state index in [9.17, 15) is 13.2 Å². The van der Waals surface area contributed by atoms with E-state index in [0.29, 0.717) is 28.6 Å². The van der Waals surface area contributed by atoms with Gasteiger partial charge in [-0.3, -0.25) is 9.52 Å². The number of ether oxygens (including phenoxy) is 1. The molecule has 0 saturated heterocycles. The van der Waals surface area contributed by atoms with Crippen molar-refractivity contribution in [2.75, 3.05) is 22.0 Å². The van der Waals surface area contributed by atoms with Crippen LogP contribution in [0.3, 0.4) is 0 Å². The number of hydrogen-bond acceptors (Lipinski definition) is 5. The molecule has 0 unspecified atom stereocenters. The third-order valence-electron chi connectivity index (χ3n) is 7.95. The van der Waals surface area contributed by atoms with Crippen LogP contribution in [0.5, 0.6) is 5.75 Å². The van der Waals surface area contributed by atoms with Crippen LogP contribution >= 0.6 is 0 Å². The molecule has 3 rings (SSSR count). The SMILES string of the molecule is CCCCCCOc1ccc(Nc2ccc(NS(=O)(=O)c3c(C(C)C)cc(C(C)C)cc3C(C)C)c(NC(=O)C(C)(C)C)c2)cc1. The Morgan fingerprint density at radius 2 is 1.35 bits per heavy atom. The van der Waals surface area contributed by atoms with Gasteiger partial charge in [-0.15, -0.1) is 0 Å². The average molecular weight is 650 g/mol. The van der Waals surface area contributed by atoms with Crippen molar-refractivity contribution in [1.82, 2.24) is 0 Å². The van der Waals surface area contributed by atoms with Gasteiger partial charge in [-0.25, -0.2) is 8.42 Å². The molecule has 0 saturated carbocycles. The first-order chi connectivity index (χ1) is 21.5. The van der Waals surface area contributed by atoms with E-state index < -0.39 is 15.4 Å². The van der Waals surface area contributed by atoms with Crippen molar-refractivity contribution in [3.63, 3.8) is 0 Å². The van der Waals surface area contributed by atoms with Crippen molar-refractivity contribution >= 4 is 38.7 Å². The smallest absolute Gasteiger partial charge is 0.262 e. The Kier molecular flexibility index (Phi) is 12.7. The van der Waals surface area contributed by atoms with Gasteiger partial charge in [-0.1, -0.05) is 101 Å². The third-order valence-corrected chi connectivity index (χ3v) is 9.45.